The Bertz CT molecular complexity index is 1650. The molecule has 0 spiro atoms. The number of para-hydroxylation sites is 1. The molecule has 0 bridgehead atoms. The number of benzene rings is 3. The molecule has 6 nitrogen and oxygen atoms in total. The Morgan fingerprint density at radius 3 is 2.50 bits per heavy atom. The van der Waals surface area contributed by atoms with Gasteiger partial charge in [-0.15, -0.1) is 11.8 Å². The number of thioether (sulfide) groups is 1. The Balaban J connectivity index is 1.61. The molecule has 0 radical (unpaired) electrons. The minimum Gasteiger partial charge on any atom is -0.268 e. The first-order chi connectivity index (χ1) is 17.5. The Morgan fingerprint density at radius 1 is 0.972 bits per heavy atom. The van der Waals surface area contributed by atoms with Crippen LogP contribution in [-0.4, -0.2) is 27.0 Å². The van der Waals surface area contributed by atoms with Crippen molar-refractivity contribution in [2.75, 3.05) is 11.7 Å². The van der Waals surface area contributed by atoms with Gasteiger partial charge in [0.05, 0.1) is 28.5 Å². The van der Waals surface area contributed by atoms with Gasteiger partial charge in [0.1, 0.15) is 16.7 Å². The van der Waals surface area contributed by atoms with Crippen molar-refractivity contribution < 1.29 is 4.39 Å². The third kappa shape index (κ3) is 4.80. The number of hydrogen-bond acceptors (Lipinski definition) is 6. The van der Waals surface area contributed by atoms with Crippen LogP contribution in [0.4, 0.5) is 10.2 Å². The number of nitrogens with zero attached hydrogens (tertiary/aromatic N) is 4. The van der Waals surface area contributed by atoms with E-state index >= 15 is 0 Å². The molecule has 2 heterocycles. The van der Waals surface area contributed by atoms with Crippen molar-refractivity contribution in [3.05, 3.63) is 111 Å². The summed E-state index contributed by atoms with van der Waals surface area (Å²) < 4.78 is 17.1. The van der Waals surface area contributed by atoms with E-state index in [0.717, 1.165) is 15.4 Å². The van der Waals surface area contributed by atoms with Crippen LogP contribution in [0, 0.1) is 5.82 Å². The van der Waals surface area contributed by atoms with Crippen LogP contribution in [0.15, 0.2) is 104 Å². The van der Waals surface area contributed by atoms with Crippen LogP contribution in [0.5, 0.6) is 0 Å². The lowest BCUT2D eigenvalue weighted by Gasteiger charge is -2.16. The maximum atomic E-state index is 14.8. The van der Waals surface area contributed by atoms with Gasteiger partial charge in [-0.25, -0.2) is 14.4 Å². The topological polar surface area (TPSA) is 72.2 Å². The number of halogens is 2. The summed E-state index contributed by atoms with van der Waals surface area (Å²) in [6.45, 7) is 0. The monoisotopic (exact) mass is 559 g/mol. The first-order valence-corrected chi connectivity index (χ1v) is 12.9. The minimum atomic E-state index is -0.465. The summed E-state index contributed by atoms with van der Waals surface area (Å²) in [7, 11) is 0. The van der Waals surface area contributed by atoms with Crippen molar-refractivity contribution in [1.29, 1.82) is 0 Å². The molecule has 0 aliphatic heterocycles. The van der Waals surface area contributed by atoms with Crippen molar-refractivity contribution >= 4 is 50.6 Å². The highest BCUT2D eigenvalue weighted by Gasteiger charge is 2.20. The summed E-state index contributed by atoms with van der Waals surface area (Å²) >= 11 is 4.71. The van der Waals surface area contributed by atoms with Gasteiger partial charge in [0.25, 0.3) is 5.56 Å². The molecule has 0 unspecified atom stereocenters. The third-order valence-electron chi connectivity index (χ3n) is 5.45. The number of hydrazone groups is 1. The van der Waals surface area contributed by atoms with Crippen molar-refractivity contribution in [2.45, 2.75) is 5.03 Å². The second-order valence-electron chi connectivity index (χ2n) is 7.71. The molecule has 36 heavy (non-hydrogen) atoms. The molecule has 0 amide bonds. The second-order valence-corrected chi connectivity index (χ2v) is 9.43. The van der Waals surface area contributed by atoms with Crippen LogP contribution in [0.1, 0.15) is 5.56 Å². The molecule has 0 atom stereocenters. The predicted molar refractivity (Wildman–Crippen MR) is 148 cm³/mol. The Hall–Kier alpha value is -3.82. The maximum absolute atomic E-state index is 14.8. The van der Waals surface area contributed by atoms with Crippen molar-refractivity contribution in [2.24, 2.45) is 5.10 Å². The zero-order chi connectivity index (χ0) is 25.1. The van der Waals surface area contributed by atoms with Crippen molar-refractivity contribution in [1.82, 2.24) is 14.5 Å². The van der Waals surface area contributed by atoms with Crippen molar-refractivity contribution in [3.8, 4) is 17.1 Å². The lowest BCUT2D eigenvalue weighted by atomic mass is 10.1. The van der Waals surface area contributed by atoms with Crippen LogP contribution < -0.4 is 11.0 Å². The van der Waals surface area contributed by atoms with Gasteiger partial charge in [-0.05, 0) is 60.9 Å². The number of hydrogen-bond donors (Lipinski definition) is 1. The van der Waals surface area contributed by atoms with Crippen LogP contribution in [0.2, 0.25) is 0 Å². The van der Waals surface area contributed by atoms with Gasteiger partial charge in [0.15, 0.2) is 5.82 Å². The summed E-state index contributed by atoms with van der Waals surface area (Å²) in [5.41, 5.74) is 4.42. The smallest absolute Gasteiger partial charge is 0.268 e. The van der Waals surface area contributed by atoms with Gasteiger partial charge in [0, 0.05) is 9.86 Å². The number of fused-ring (bicyclic) bond motifs is 1. The lowest BCUT2D eigenvalue weighted by Crippen LogP contribution is -2.26. The Labute approximate surface area is 219 Å². The Morgan fingerprint density at radius 2 is 1.72 bits per heavy atom. The Kier molecular flexibility index (Phi) is 6.92. The quantitative estimate of drug-likeness (QED) is 0.111. The first kappa shape index (κ1) is 23.9. The molecule has 0 aliphatic carbocycles. The first-order valence-electron chi connectivity index (χ1n) is 10.9. The van der Waals surface area contributed by atoms with Crippen LogP contribution >= 0.6 is 27.7 Å². The van der Waals surface area contributed by atoms with Gasteiger partial charge in [-0.3, -0.25) is 14.8 Å². The van der Waals surface area contributed by atoms with Crippen LogP contribution in [-0.2, 0) is 0 Å². The van der Waals surface area contributed by atoms with E-state index in [9.17, 15) is 9.18 Å². The fraction of sp³-hybridized carbons (Fsp3) is 0.0370. The summed E-state index contributed by atoms with van der Waals surface area (Å²) in [4.78, 5) is 23.0. The van der Waals surface area contributed by atoms with E-state index in [-0.39, 0.29) is 22.5 Å². The van der Waals surface area contributed by atoms with Gasteiger partial charge in [-0.1, -0.05) is 46.3 Å². The fourth-order valence-electron chi connectivity index (χ4n) is 3.72. The molecule has 3 aromatic carbocycles. The molecular formula is C27H19BrFN5OS. The number of pyridine rings is 1. The van der Waals surface area contributed by atoms with E-state index < -0.39 is 5.82 Å². The molecular weight excluding hydrogens is 541 g/mol. The van der Waals surface area contributed by atoms with Crippen molar-refractivity contribution in [3.63, 3.8) is 0 Å². The highest BCUT2D eigenvalue weighted by atomic mass is 79.9. The van der Waals surface area contributed by atoms with E-state index in [1.165, 1.54) is 28.6 Å². The number of nitrogens with one attached hydrogen (secondary N) is 1. The van der Waals surface area contributed by atoms with E-state index in [0.29, 0.717) is 16.5 Å². The SMILES string of the molecule is CSc1nc(-c2ccccc2F)n(-c2ccc(Br)cc2)c(=O)c1C=NNc1ccc2ccccc2n1. The van der Waals surface area contributed by atoms with Crippen LogP contribution in [0.3, 0.4) is 0 Å². The number of aromatic nitrogens is 3. The van der Waals surface area contributed by atoms with Gasteiger partial charge in [-0.2, -0.15) is 5.10 Å². The van der Waals surface area contributed by atoms with Crippen LogP contribution in [0.25, 0.3) is 28.0 Å². The van der Waals surface area contributed by atoms with E-state index in [1.54, 1.807) is 30.3 Å². The largest absolute Gasteiger partial charge is 0.268 e. The zero-order valence-electron chi connectivity index (χ0n) is 19.0. The van der Waals surface area contributed by atoms with E-state index in [1.807, 2.05) is 54.8 Å². The van der Waals surface area contributed by atoms with Gasteiger partial charge in [0.2, 0.25) is 0 Å². The molecule has 5 aromatic rings. The standard InChI is InChI=1S/C27H19BrFN5OS/c1-36-26-21(16-30-33-24-15-10-17-6-2-5-9-23(17)31-24)27(35)34(19-13-11-18(28)12-14-19)25(32-26)20-7-3-4-8-22(20)29/h2-16H,1H3,(H,31,33). The average molecular weight is 560 g/mol. The molecule has 5 rings (SSSR count). The van der Waals surface area contributed by atoms with E-state index in [2.05, 4.69) is 36.4 Å². The summed E-state index contributed by atoms with van der Waals surface area (Å²) in [6.07, 6.45) is 3.24. The highest BCUT2D eigenvalue weighted by molar-refractivity contribution is 9.10. The summed E-state index contributed by atoms with van der Waals surface area (Å²) in [6, 6.07) is 25.0. The molecule has 1 N–H and O–H groups in total. The molecule has 2 aromatic heterocycles. The molecule has 0 fully saturated rings. The molecule has 0 saturated carbocycles. The average Bonchev–Trinajstić information content (AvgIpc) is 2.90. The fourth-order valence-corrected chi connectivity index (χ4v) is 4.53. The summed E-state index contributed by atoms with van der Waals surface area (Å²) in [5.74, 6) is 0.290. The van der Waals surface area contributed by atoms with E-state index in [4.69, 9.17) is 0 Å². The maximum Gasteiger partial charge on any atom is 0.268 e. The molecule has 9 heteroatoms. The zero-order valence-corrected chi connectivity index (χ0v) is 21.4. The minimum absolute atomic E-state index is 0.214. The molecule has 178 valence electrons. The number of anilines is 1. The summed E-state index contributed by atoms with van der Waals surface area (Å²) in [5, 5.41) is 5.72. The lowest BCUT2D eigenvalue weighted by molar-refractivity contribution is 0.628. The third-order valence-corrected chi connectivity index (χ3v) is 6.67. The molecule has 0 aliphatic rings. The second kappa shape index (κ2) is 10.4. The number of rotatable bonds is 6. The normalized spacial score (nSPS) is 11.3. The van der Waals surface area contributed by atoms with Gasteiger partial charge >= 0.3 is 0 Å². The predicted octanol–water partition coefficient (Wildman–Crippen LogP) is 6.52. The van der Waals surface area contributed by atoms with Gasteiger partial charge < -0.3 is 0 Å². The highest BCUT2D eigenvalue weighted by Crippen LogP contribution is 2.26. The molecule has 0 saturated heterocycles.